The van der Waals surface area contributed by atoms with Crippen LogP contribution in [0.2, 0.25) is 5.02 Å². The van der Waals surface area contributed by atoms with E-state index in [1.54, 1.807) is 12.1 Å². The fraction of sp³-hybridized carbons (Fsp3) is 0.500. The fourth-order valence-corrected chi connectivity index (χ4v) is 3.74. The van der Waals surface area contributed by atoms with Crippen LogP contribution in [0.1, 0.15) is 35.2 Å². The Labute approximate surface area is 123 Å². The van der Waals surface area contributed by atoms with Crippen LogP contribution in [0.3, 0.4) is 0 Å². The number of carbonyl (C=O) groups is 1. The summed E-state index contributed by atoms with van der Waals surface area (Å²) in [6, 6.07) is 5.80. The van der Waals surface area contributed by atoms with E-state index in [2.05, 4.69) is 11.6 Å². The Kier molecular flexibility index (Phi) is 5.13. The molecule has 1 amide bonds. The van der Waals surface area contributed by atoms with Crippen molar-refractivity contribution >= 4 is 29.3 Å². The molecular formula is C14H19ClN2OS. The minimum Gasteiger partial charge on any atom is -0.366 e. The smallest absolute Gasteiger partial charge is 0.248 e. The number of nitrogens with one attached hydrogen (secondary N) is 1. The van der Waals surface area contributed by atoms with Crippen LogP contribution in [0, 0.1) is 0 Å². The first kappa shape index (κ1) is 14.7. The molecule has 1 aromatic rings. The molecule has 0 bridgehead atoms. The molecule has 1 aliphatic carbocycles. The van der Waals surface area contributed by atoms with Crippen molar-refractivity contribution in [2.45, 2.75) is 37.1 Å². The number of thioether (sulfide) groups is 1. The van der Waals surface area contributed by atoms with Crippen molar-refractivity contribution in [3.8, 4) is 0 Å². The van der Waals surface area contributed by atoms with E-state index in [1.807, 2.05) is 17.8 Å². The van der Waals surface area contributed by atoms with Crippen LogP contribution in [0.25, 0.3) is 0 Å². The maximum Gasteiger partial charge on any atom is 0.248 e. The number of benzene rings is 1. The third-order valence-electron chi connectivity index (χ3n) is 3.65. The Bertz CT molecular complexity index is 467. The predicted octanol–water partition coefficient (Wildman–Crippen LogP) is 2.81. The number of hydrogen-bond donors (Lipinski definition) is 2. The van der Waals surface area contributed by atoms with Gasteiger partial charge in [0.2, 0.25) is 5.91 Å². The molecule has 1 fully saturated rings. The molecule has 0 spiro atoms. The molecule has 2 unspecified atom stereocenters. The van der Waals surface area contributed by atoms with Gasteiger partial charge in [0.1, 0.15) is 0 Å². The van der Waals surface area contributed by atoms with Gasteiger partial charge in [0.05, 0.1) is 0 Å². The SMILES string of the molecule is CSC1CCCC1NCc1ccc(C(N)=O)cc1Cl. The molecule has 1 aromatic carbocycles. The van der Waals surface area contributed by atoms with Gasteiger partial charge in [-0.25, -0.2) is 0 Å². The average Bonchev–Trinajstić information content (AvgIpc) is 2.84. The number of carbonyl (C=O) groups excluding carboxylic acids is 1. The standard InChI is InChI=1S/C14H19ClN2OS/c1-19-13-4-2-3-12(13)17-8-10-6-5-9(14(16)18)7-11(10)15/h5-7,12-13,17H,2-4,8H2,1H3,(H2,16,18). The minimum atomic E-state index is -0.445. The Morgan fingerprint density at radius 3 is 2.95 bits per heavy atom. The van der Waals surface area contributed by atoms with Crippen molar-refractivity contribution in [2.24, 2.45) is 5.73 Å². The Morgan fingerprint density at radius 2 is 2.32 bits per heavy atom. The van der Waals surface area contributed by atoms with Crippen LogP contribution >= 0.6 is 23.4 Å². The van der Waals surface area contributed by atoms with E-state index in [0.717, 1.165) is 12.1 Å². The summed E-state index contributed by atoms with van der Waals surface area (Å²) < 4.78 is 0. The second-order valence-electron chi connectivity index (χ2n) is 4.86. The van der Waals surface area contributed by atoms with Crippen LogP contribution in [0.15, 0.2) is 18.2 Å². The number of halogens is 1. The van der Waals surface area contributed by atoms with E-state index in [-0.39, 0.29) is 0 Å². The number of nitrogens with two attached hydrogens (primary N) is 1. The van der Waals surface area contributed by atoms with Gasteiger partial charge in [-0.05, 0) is 36.8 Å². The maximum absolute atomic E-state index is 11.1. The van der Waals surface area contributed by atoms with Gasteiger partial charge in [-0.2, -0.15) is 11.8 Å². The normalized spacial score (nSPS) is 22.6. The van der Waals surface area contributed by atoms with Crippen LogP contribution < -0.4 is 11.1 Å². The molecule has 1 saturated carbocycles. The molecule has 19 heavy (non-hydrogen) atoms. The zero-order chi connectivity index (χ0) is 13.8. The summed E-state index contributed by atoms with van der Waals surface area (Å²) in [5, 5.41) is 4.86. The van der Waals surface area contributed by atoms with Gasteiger partial charge < -0.3 is 11.1 Å². The first-order chi connectivity index (χ1) is 9.11. The van der Waals surface area contributed by atoms with E-state index in [4.69, 9.17) is 17.3 Å². The maximum atomic E-state index is 11.1. The van der Waals surface area contributed by atoms with Crippen molar-refractivity contribution in [3.63, 3.8) is 0 Å². The summed E-state index contributed by atoms with van der Waals surface area (Å²) in [7, 11) is 0. The highest BCUT2D eigenvalue weighted by atomic mass is 35.5. The van der Waals surface area contributed by atoms with Crippen molar-refractivity contribution in [1.82, 2.24) is 5.32 Å². The van der Waals surface area contributed by atoms with Crippen molar-refractivity contribution in [3.05, 3.63) is 34.3 Å². The van der Waals surface area contributed by atoms with Crippen LogP contribution in [-0.2, 0) is 6.54 Å². The quantitative estimate of drug-likeness (QED) is 0.879. The Morgan fingerprint density at radius 1 is 1.53 bits per heavy atom. The van der Waals surface area contributed by atoms with Gasteiger partial charge in [0.25, 0.3) is 0 Å². The zero-order valence-corrected chi connectivity index (χ0v) is 12.6. The molecule has 0 radical (unpaired) electrons. The lowest BCUT2D eigenvalue weighted by molar-refractivity contribution is 0.100. The fourth-order valence-electron chi connectivity index (χ4n) is 2.53. The molecule has 5 heteroatoms. The predicted molar refractivity (Wildman–Crippen MR) is 81.8 cm³/mol. The molecule has 104 valence electrons. The molecule has 0 aliphatic heterocycles. The largest absolute Gasteiger partial charge is 0.366 e. The number of primary amides is 1. The highest BCUT2D eigenvalue weighted by Gasteiger charge is 2.25. The molecule has 2 rings (SSSR count). The monoisotopic (exact) mass is 298 g/mol. The molecule has 0 saturated heterocycles. The van der Waals surface area contributed by atoms with Gasteiger partial charge in [0.15, 0.2) is 0 Å². The lowest BCUT2D eigenvalue weighted by Crippen LogP contribution is -2.33. The molecule has 3 N–H and O–H groups in total. The summed E-state index contributed by atoms with van der Waals surface area (Å²) in [6.07, 6.45) is 5.96. The van der Waals surface area contributed by atoms with Gasteiger partial charge >= 0.3 is 0 Å². The molecule has 3 nitrogen and oxygen atoms in total. The average molecular weight is 299 g/mol. The first-order valence-electron chi connectivity index (χ1n) is 6.46. The second kappa shape index (κ2) is 6.64. The molecule has 0 aromatic heterocycles. The van der Waals surface area contributed by atoms with Crippen LogP contribution in [0.4, 0.5) is 0 Å². The highest BCUT2D eigenvalue weighted by molar-refractivity contribution is 7.99. The van der Waals surface area contributed by atoms with Gasteiger partial charge in [-0.15, -0.1) is 0 Å². The van der Waals surface area contributed by atoms with E-state index < -0.39 is 5.91 Å². The lowest BCUT2D eigenvalue weighted by Gasteiger charge is -2.19. The lowest BCUT2D eigenvalue weighted by atomic mass is 10.1. The number of rotatable bonds is 5. The first-order valence-corrected chi connectivity index (χ1v) is 8.13. The summed E-state index contributed by atoms with van der Waals surface area (Å²) in [5.41, 5.74) is 6.69. The summed E-state index contributed by atoms with van der Waals surface area (Å²) >= 11 is 8.11. The van der Waals surface area contributed by atoms with Gasteiger partial charge in [-0.1, -0.05) is 24.1 Å². The van der Waals surface area contributed by atoms with Crippen molar-refractivity contribution in [2.75, 3.05) is 6.26 Å². The minimum absolute atomic E-state index is 0.445. The third-order valence-corrected chi connectivity index (χ3v) is 5.17. The highest BCUT2D eigenvalue weighted by Crippen LogP contribution is 2.29. The summed E-state index contributed by atoms with van der Waals surface area (Å²) in [4.78, 5) is 11.1. The van der Waals surface area contributed by atoms with Crippen molar-refractivity contribution < 1.29 is 4.79 Å². The van der Waals surface area contributed by atoms with Crippen molar-refractivity contribution in [1.29, 1.82) is 0 Å². The van der Waals surface area contributed by atoms with E-state index >= 15 is 0 Å². The number of amides is 1. The number of hydrogen-bond acceptors (Lipinski definition) is 3. The molecule has 0 heterocycles. The molecule has 1 aliphatic rings. The van der Waals surface area contributed by atoms with E-state index in [1.165, 1.54) is 19.3 Å². The molecule has 2 atom stereocenters. The summed E-state index contributed by atoms with van der Waals surface area (Å²) in [6.45, 7) is 0.736. The Balaban J connectivity index is 1.98. The van der Waals surface area contributed by atoms with Crippen LogP contribution in [0.5, 0.6) is 0 Å². The zero-order valence-electron chi connectivity index (χ0n) is 11.0. The van der Waals surface area contributed by atoms with E-state index in [9.17, 15) is 4.79 Å². The summed E-state index contributed by atoms with van der Waals surface area (Å²) in [5.74, 6) is -0.445. The van der Waals surface area contributed by atoms with Gasteiger partial charge in [0, 0.05) is 28.4 Å². The second-order valence-corrected chi connectivity index (χ2v) is 6.35. The third kappa shape index (κ3) is 3.65. The van der Waals surface area contributed by atoms with Crippen LogP contribution in [-0.4, -0.2) is 23.5 Å². The molecular weight excluding hydrogens is 280 g/mol. The Hall–Kier alpha value is -0.710. The van der Waals surface area contributed by atoms with Gasteiger partial charge in [-0.3, -0.25) is 4.79 Å². The topological polar surface area (TPSA) is 55.1 Å². The van der Waals surface area contributed by atoms with E-state index in [0.29, 0.717) is 21.9 Å².